The second-order valence-corrected chi connectivity index (χ2v) is 7.91. The Labute approximate surface area is 185 Å². The number of hydrogen-bond acceptors (Lipinski definition) is 5. The van der Waals surface area contributed by atoms with Gasteiger partial charge in [-0.3, -0.25) is 4.79 Å². The number of fused-ring (bicyclic) bond motifs is 1. The van der Waals surface area contributed by atoms with Crippen molar-refractivity contribution in [3.8, 4) is 17.2 Å². The Morgan fingerprint density at radius 1 is 0.968 bits per heavy atom. The summed E-state index contributed by atoms with van der Waals surface area (Å²) in [4.78, 5) is 17.1. The van der Waals surface area contributed by atoms with Gasteiger partial charge in [0.1, 0.15) is 22.8 Å². The van der Waals surface area contributed by atoms with Gasteiger partial charge in [-0.15, -0.1) is 0 Å². The van der Waals surface area contributed by atoms with Gasteiger partial charge in [0, 0.05) is 11.1 Å². The Hall–Kier alpha value is -3.51. The van der Waals surface area contributed by atoms with Crippen molar-refractivity contribution in [2.75, 3.05) is 18.2 Å². The molecule has 1 aromatic heterocycles. The number of aryl methyl sites for hydroxylation is 1. The Morgan fingerprint density at radius 2 is 1.71 bits per heavy atom. The van der Waals surface area contributed by atoms with Crippen molar-refractivity contribution in [2.24, 2.45) is 0 Å². The molecule has 1 N–H and O–H groups in total. The molecular weight excluding hydrogens is 408 g/mol. The van der Waals surface area contributed by atoms with Crippen LogP contribution < -0.4 is 14.8 Å². The predicted octanol–water partition coefficient (Wildman–Crippen LogP) is 6.07. The van der Waals surface area contributed by atoms with Crippen LogP contribution >= 0.6 is 11.8 Å². The monoisotopic (exact) mass is 430 g/mol. The number of benzene rings is 3. The molecule has 0 spiro atoms. The molecule has 0 saturated heterocycles. The Balaban J connectivity index is 1.37. The van der Waals surface area contributed by atoms with E-state index >= 15 is 0 Å². The second-order valence-electron chi connectivity index (χ2n) is 6.91. The first-order valence-electron chi connectivity index (χ1n) is 9.82. The van der Waals surface area contributed by atoms with E-state index < -0.39 is 0 Å². The Kier molecular flexibility index (Phi) is 6.38. The molecule has 0 fully saturated rings. The molecule has 3 aromatic carbocycles. The van der Waals surface area contributed by atoms with Gasteiger partial charge in [-0.2, -0.15) is 0 Å². The lowest BCUT2D eigenvalue weighted by Gasteiger charge is -2.10. The number of pyridine rings is 1. The summed E-state index contributed by atoms with van der Waals surface area (Å²) in [5.41, 5.74) is 2.62. The lowest BCUT2D eigenvalue weighted by atomic mass is 10.1. The van der Waals surface area contributed by atoms with Crippen LogP contribution in [-0.4, -0.2) is 23.8 Å². The summed E-state index contributed by atoms with van der Waals surface area (Å²) in [5.74, 6) is 2.37. The van der Waals surface area contributed by atoms with Crippen LogP contribution in [0.25, 0.3) is 10.9 Å². The number of carbonyl (C=O) groups is 1. The molecule has 0 aliphatic rings. The van der Waals surface area contributed by atoms with Crippen molar-refractivity contribution in [3.05, 3.63) is 84.4 Å². The third kappa shape index (κ3) is 5.16. The number of aromatic nitrogens is 1. The van der Waals surface area contributed by atoms with Gasteiger partial charge in [0.05, 0.1) is 17.9 Å². The number of rotatable bonds is 7. The number of nitrogens with zero attached hydrogens (tertiary/aromatic N) is 1. The van der Waals surface area contributed by atoms with E-state index in [0.717, 1.165) is 38.7 Å². The van der Waals surface area contributed by atoms with E-state index in [0.29, 0.717) is 5.75 Å². The lowest BCUT2D eigenvalue weighted by Crippen LogP contribution is -2.14. The number of para-hydroxylation sites is 2. The van der Waals surface area contributed by atoms with Crippen molar-refractivity contribution < 1.29 is 14.3 Å². The summed E-state index contributed by atoms with van der Waals surface area (Å²) < 4.78 is 11.2. The largest absolute Gasteiger partial charge is 0.494 e. The number of amides is 1. The van der Waals surface area contributed by atoms with Crippen molar-refractivity contribution in [1.29, 1.82) is 0 Å². The van der Waals surface area contributed by atoms with E-state index in [1.54, 1.807) is 7.11 Å². The number of methoxy groups -OCH3 is 1. The fourth-order valence-electron chi connectivity index (χ4n) is 3.17. The molecule has 0 aliphatic carbocycles. The average molecular weight is 431 g/mol. The first-order valence-corrected chi connectivity index (χ1v) is 10.8. The van der Waals surface area contributed by atoms with E-state index in [2.05, 4.69) is 10.3 Å². The molecule has 0 bridgehead atoms. The summed E-state index contributed by atoms with van der Waals surface area (Å²) in [5, 5.41) is 4.75. The minimum atomic E-state index is -0.0960. The molecule has 4 rings (SSSR count). The molecule has 1 amide bonds. The average Bonchev–Trinajstić information content (AvgIpc) is 2.79. The summed E-state index contributed by atoms with van der Waals surface area (Å²) in [6.07, 6.45) is 0. The van der Waals surface area contributed by atoms with Gasteiger partial charge in [-0.05, 0) is 61.0 Å². The summed E-state index contributed by atoms with van der Waals surface area (Å²) in [6.45, 7) is 2.03. The van der Waals surface area contributed by atoms with Crippen LogP contribution in [-0.2, 0) is 4.79 Å². The van der Waals surface area contributed by atoms with Crippen LogP contribution in [0, 0.1) is 6.92 Å². The van der Waals surface area contributed by atoms with Gasteiger partial charge >= 0.3 is 0 Å². The molecule has 0 radical (unpaired) electrons. The number of carbonyl (C=O) groups excluding carboxylic acids is 1. The van der Waals surface area contributed by atoms with Gasteiger partial charge in [0.2, 0.25) is 5.91 Å². The van der Waals surface area contributed by atoms with Gasteiger partial charge < -0.3 is 14.8 Å². The molecular formula is C25H22N2O3S. The Morgan fingerprint density at radius 3 is 2.45 bits per heavy atom. The molecule has 0 unspecified atom stereocenters. The first-order chi connectivity index (χ1) is 15.1. The second kappa shape index (κ2) is 9.53. The summed E-state index contributed by atoms with van der Waals surface area (Å²) in [7, 11) is 1.63. The van der Waals surface area contributed by atoms with Crippen molar-refractivity contribution in [1.82, 2.24) is 4.98 Å². The molecule has 6 heteroatoms. The highest BCUT2D eigenvalue weighted by molar-refractivity contribution is 7.99. The van der Waals surface area contributed by atoms with E-state index in [1.165, 1.54) is 11.8 Å². The molecule has 4 aromatic rings. The van der Waals surface area contributed by atoms with E-state index in [-0.39, 0.29) is 11.7 Å². The highest BCUT2D eigenvalue weighted by Crippen LogP contribution is 2.29. The van der Waals surface area contributed by atoms with Gasteiger partial charge in [-0.1, -0.05) is 42.1 Å². The quantitative estimate of drug-likeness (QED) is 0.360. The molecule has 156 valence electrons. The van der Waals surface area contributed by atoms with Crippen molar-refractivity contribution in [3.63, 3.8) is 0 Å². The zero-order valence-corrected chi connectivity index (χ0v) is 18.1. The van der Waals surface area contributed by atoms with Crippen LogP contribution in [0.1, 0.15) is 5.56 Å². The van der Waals surface area contributed by atoms with E-state index in [9.17, 15) is 4.79 Å². The summed E-state index contributed by atoms with van der Waals surface area (Å²) in [6, 6.07) is 24.7. The highest BCUT2D eigenvalue weighted by atomic mass is 32.2. The van der Waals surface area contributed by atoms with Gasteiger partial charge in [-0.25, -0.2) is 4.98 Å². The summed E-state index contributed by atoms with van der Waals surface area (Å²) >= 11 is 1.40. The fraction of sp³-hybridized carbons (Fsp3) is 0.120. The van der Waals surface area contributed by atoms with Gasteiger partial charge in [0.25, 0.3) is 0 Å². The maximum Gasteiger partial charge on any atom is 0.234 e. The fourth-order valence-corrected chi connectivity index (χ4v) is 3.93. The molecule has 0 saturated carbocycles. The Bertz CT molecular complexity index is 1190. The number of anilines is 1. The maximum atomic E-state index is 12.4. The smallest absolute Gasteiger partial charge is 0.234 e. The zero-order valence-electron chi connectivity index (χ0n) is 17.3. The van der Waals surface area contributed by atoms with Crippen LogP contribution in [0.15, 0.2) is 83.9 Å². The zero-order chi connectivity index (χ0) is 21.6. The predicted molar refractivity (Wildman–Crippen MR) is 125 cm³/mol. The van der Waals surface area contributed by atoms with Gasteiger partial charge in [0.15, 0.2) is 0 Å². The van der Waals surface area contributed by atoms with Crippen LogP contribution in [0.5, 0.6) is 17.2 Å². The molecule has 1 heterocycles. The van der Waals surface area contributed by atoms with E-state index in [1.807, 2.05) is 85.8 Å². The minimum Gasteiger partial charge on any atom is -0.494 e. The SMILES string of the molecule is COc1cccc2c(C)cc(SCC(=O)Nc3ccc(Oc4ccccc4)cc3)nc12. The third-order valence-electron chi connectivity index (χ3n) is 4.67. The molecule has 31 heavy (non-hydrogen) atoms. The molecule has 0 atom stereocenters. The normalized spacial score (nSPS) is 10.6. The standard InChI is InChI=1S/C25H22N2O3S/c1-17-15-24(27-25-21(17)9-6-10-22(25)29-2)31-16-23(28)26-18-11-13-20(14-12-18)30-19-7-4-3-5-8-19/h3-15H,16H2,1-2H3,(H,26,28). The number of nitrogens with one attached hydrogen (secondary N) is 1. The number of thioether (sulfide) groups is 1. The van der Waals surface area contributed by atoms with Crippen LogP contribution in [0.3, 0.4) is 0 Å². The van der Waals surface area contributed by atoms with Crippen LogP contribution in [0.4, 0.5) is 5.69 Å². The van der Waals surface area contributed by atoms with Crippen molar-refractivity contribution >= 4 is 34.3 Å². The number of ether oxygens (including phenoxy) is 2. The number of hydrogen-bond donors (Lipinski definition) is 1. The minimum absolute atomic E-state index is 0.0960. The lowest BCUT2D eigenvalue weighted by molar-refractivity contribution is -0.113. The first kappa shape index (κ1) is 20.8. The van der Waals surface area contributed by atoms with Crippen molar-refractivity contribution in [2.45, 2.75) is 11.9 Å². The van der Waals surface area contributed by atoms with E-state index in [4.69, 9.17) is 9.47 Å². The highest BCUT2D eigenvalue weighted by Gasteiger charge is 2.10. The topological polar surface area (TPSA) is 60.5 Å². The maximum absolute atomic E-state index is 12.4. The molecule has 5 nitrogen and oxygen atoms in total. The van der Waals surface area contributed by atoms with Crippen LogP contribution in [0.2, 0.25) is 0 Å². The molecule has 0 aliphatic heterocycles. The third-order valence-corrected chi connectivity index (χ3v) is 5.59.